The Bertz CT molecular complexity index is 1500. The molecule has 0 bridgehead atoms. The minimum Gasteiger partial charge on any atom is -0.439 e. The van der Waals surface area contributed by atoms with E-state index in [0.29, 0.717) is 42.4 Å². The van der Waals surface area contributed by atoms with Crippen molar-refractivity contribution in [1.82, 2.24) is 15.3 Å². The Morgan fingerprint density at radius 3 is 2.46 bits per heavy atom. The molecule has 4 aromatic rings. The Hall–Kier alpha value is -4.08. The second-order valence-electron chi connectivity index (χ2n) is 10.5. The van der Waals surface area contributed by atoms with Gasteiger partial charge < -0.3 is 25.0 Å². The van der Waals surface area contributed by atoms with Crippen molar-refractivity contribution in [2.45, 2.75) is 31.2 Å². The van der Waals surface area contributed by atoms with E-state index in [2.05, 4.69) is 44.8 Å². The molecule has 3 heterocycles. The molecule has 0 spiro atoms. The molecule has 0 saturated carbocycles. The fourth-order valence-corrected chi connectivity index (χ4v) is 5.68. The van der Waals surface area contributed by atoms with Crippen LogP contribution in [0.15, 0.2) is 84.9 Å². The number of hydrogen-bond donors (Lipinski definition) is 2. The highest BCUT2D eigenvalue weighted by atomic mass is 32.1. The van der Waals surface area contributed by atoms with Gasteiger partial charge in [-0.2, -0.15) is 9.97 Å². The van der Waals surface area contributed by atoms with Gasteiger partial charge in [0.2, 0.25) is 11.8 Å². The van der Waals surface area contributed by atoms with Crippen LogP contribution in [0.2, 0.25) is 0 Å². The van der Waals surface area contributed by atoms with Gasteiger partial charge in [0, 0.05) is 44.3 Å². The molecule has 1 aromatic heterocycles. The second-order valence-corrected chi connectivity index (χ2v) is 10.9. The molecule has 41 heavy (non-hydrogen) atoms. The zero-order chi connectivity index (χ0) is 28.1. The van der Waals surface area contributed by atoms with Crippen molar-refractivity contribution in [2.24, 2.45) is 0 Å². The van der Waals surface area contributed by atoms with Crippen molar-refractivity contribution in [2.75, 3.05) is 36.5 Å². The van der Waals surface area contributed by atoms with E-state index in [1.54, 1.807) is 0 Å². The zero-order valence-electron chi connectivity index (χ0n) is 22.7. The van der Waals surface area contributed by atoms with Crippen LogP contribution in [-0.4, -0.2) is 41.4 Å². The molecule has 2 aliphatic rings. The van der Waals surface area contributed by atoms with Gasteiger partial charge in [-0.15, -0.1) is 0 Å². The lowest BCUT2D eigenvalue weighted by molar-refractivity contribution is 0.0515. The van der Waals surface area contributed by atoms with Gasteiger partial charge in [-0.3, -0.25) is 0 Å². The fourth-order valence-electron chi connectivity index (χ4n) is 5.51. The molecular weight excluding hydrogens is 537 g/mol. The van der Waals surface area contributed by atoms with Gasteiger partial charge in [-0.1, -0.05) is 54.6 Å². The lowest BCUT2D eigenvalue weighted by atomic mass is 9.74. The van der Waals surface area contributed by atoms with Crippen LogP contribution in [0, 0.1) is 5.82 Å². The number of rotatable bonds is 7. The minimum absolute atomic E-state index is 0.219. The van der Waals surface area contributed by atoms with Crippen molar-refractivity contribution < 1.29 is 13.9 Å². The van der Waals surface area contributed by atoms with Gasteiger partial charge in [0.15, 0.2) is 5.11 Å². The van der Waals surface area contributed by atoms with Crippen LogP contribution in [0.5, 0.6) is 11.6 Å². The molecule has 0 amide bonds. The summed E-state index contributed by atoms with van der Waals surface area (Å²) in [6, 6.07) is 26.7. The highest BCUT2D eigenvalue weighted by Gasteiger charge is 2.34. The van der Waals surface area contributed by atoms with Crippen LogP contribution in [0.1, 0.15) is 29.5 Å². The smallest absolute Gasteiger partial charge is 0.234 e. The number of ether oxygens (including phenoxy) is 2. The molecule has 0 unspecified atom stereocenters. The molecule has 0 radical (unpaired) electrons. The standard InChI is InChI=1S/C32H32FN5O2S/c33-26-12-10-25(11-13-26)32(15-18-39-19-16-32)22-34-31(41)37-30-35-28(20-29(36-30)40-27-8-2-1-3-9-27)38-17-14-23-6-4-5-7-24(23)21-38/h1-13,20H,14-19,21-22H2,(H2,34,35,36,37,41). The molecule has 3 aromatic carbocycles. The first-order chi connectivity index (χ1) is 20.1. The van der Waals surface area contributed by atoms with Gasteiger partial charge in [0.25, 0.3) is 0 Å². The van der Waals surface area contributed by atoms with Crippen molar-refractivity contribution in [3.63, 3.8) is 0 Å². The third-order valence-corrected chi connectivity index (χ3v) is 8.07. The number of benzene rings is 3. The lowest BCUT2D eigenvalue weighted by Crippen LogP contribution is -2.45. The van der Waals surface area contributed by atoms with E-state index in [-0.39, 0.29) is 11.2 Å². The van der Waals surface area contributed by atoms with Crippen LogP contribution >= 0.6 is 12.2 Å². The zero-order valence-corrected chi connectivity index (χ0v) is 23.5. The number of halogens is 1. The SMILES string of the molecule is Fc1ccc(C2(CNC(=S)Nc3nc(Oc4ccccc4)cc(N4CCc5ccccc5C4)n3)CCOCC2)cc1. The monoisotopic (exact) mass is 569 g/mol. The predicted octanol–water partition coefficient (Wildman–Crippen LogP) is 6.01. The highest BCUT2D eigenvalue weighted by Crippen LogP contribution is 2.34. The van der Waals surface area contributed by atoms with Gasteiger partial charge >= 0.3 is 0 Å². The lowest BCUT2D eigenvalue weighted by Gasteiger charge is -2.38. The quantitative estimate of drug-likeness (QED) is 0.263. The number of para-hydroxylation sites is 1. The van der Waals surface area contributed by atoms with Crippen molar-refractivity contribution in [3.8, 4) is 11.6 Å². The molecule has 1 fully saturated rings. The Kier molecular flexibility index (Phi) is 8.07. The normalized spacial score (nSPS) is 16.0. The summed E-state index contributed by atoms with van der Waals surface area (Å²) < 4.78 is 25.4. The van der Waals surface area contributed by atoms with Gasteiger partial charge in [-0.05, 0) is 72.4 Å². The summed E-state index contributed by atoms with van der Waals surface area (Å²) in [4.78, 5) is 11.7. The van der Waals surface area contributed by atoms with E-state index >= 15 is 0 Å². The van der Waals surface area contributed by atoms with E-state index in [9.17, 15) is 4.39 Å². The van der Waals surface area contributed by atoms with Crippen molar-refractivity contribution in [3.05, 3.63) is 107 Å². The summed E-state index contributed by atoms with van der Waals surface area (Å²) in [6.07, 6.45) is 2.56. The van der Waals surface area contributed by atoms with Crippen molar-refractivity contribution in [1.29, 1.82) is 0 Å². The number of fused-ring (bicyclic) bond motifs is 1. The van der Waals surface area contributed by atoms with E-state index in [4.69, 9.17) is 26.7 Å². The number of nitrogens with zero attached hydrogens (tertiary/aromatic N) is 3. The van der Waals surface area contributed by atoms with E-state index in [0.717, 1.165) is 43.7 Å². The summed E-state index contributed by atoms with van der Waals surface area (Å²) in [6.45, 7) is 3.45. The minimum atomic E-state index is -0.246. The molecule has 210 valence electrons. The predicted molar refractivity (Wildman–Crippen MR) is 162 cm³/mol. The number of hydrogen-bond acceptors (Lipinski definition) is 6. The Labute approximate surface area is 244 Å². The molecule has 2 aliphatic heterocycles. The van der Waals surface area contributed by atoms with Crippen LogP contribution < -0.4 is 20.3 Å². The Balaban J connectivity index is 1.21. The molecule has 6 rings (SSSR count). The number of anilines is 2. The summed E-state index contributed by atoms with van der Waals surface area (Å²) >= 11 is 5.70. The van der Waals surface area contributed by atoms with E-state index in [1.807, 2.05) is 48.5 Å². The average Bonchev–Trinajstić information content (AvgIpc) is 3.01. The molecule has 0 atom stereocenters. The fraction of sp³-hybridized carbons (Fsp3) is 0.281. The maximum absolute atomic E-state index is 13.6. The number of nitrogens with one attached hydrogen (secondary N) is 2. The summed E-state index contributed by atoms with van der Waals surface area (Å²) in [5, 5.41) is 6.96. The first-order valence-electron chi connectivity index (χ1n) is 13.9. The Morgan fingerprint density at radius 1 is 0.951 bits per heavy atom. The topological polar surface area (TPSA) is 71.5 Å². The van der Waals surface area contributed by atoms with E-state index in [1.165, 1.54) is 23.3 Å². The molecule has 9 heteroatoms. The molecule has 2 N–H and O–H groups in total. The van der Waals surface area contributed by atoms with E-state index < -0.39 is 0 Å². The highest BCUT2D eigenvalue weighted by molar-refractivity contribution is 7.80. The number of thiocarbonyl (C=S) groups is 1. The third-order valence-electron chi connectivity index (χ3n) is 7.83. The first kappa shape index (κ1) is 27.1. The maximum Gasteiger partial charge on any atom is 0.234 e. The largest absolute Gasteiger partial charge is 0.439 e. The van der Waals surface area contributed by atoms with Gasteiger partial charge in [0.05, 0.1) is 0 Å². The number of aromatic nitrogens is 2. The molecule has 7 nitrogen and oxygen atoms in total. The van der Waals surface area contributed by atoms with Crippen molar-refractivity contribution >= 4 is 29.1 Å². The summed E-state index contributed by atoms with van der Waals surface area (Å²) in [5.41, 5.74) is 3.51. The van der Waals surface area contributed by atoms with Crippen LogP contribution in [0.25, 0.3) is 0 Å². The molecule has 0 aliphatic carbocycles. The molecular formula is C32H32FN5O2S. The molecule has 1 saturated heterocycles. The van der Waals surface area contributed by atoms with Gasteiger partial charge in [0.1, 0.15) is 17.4 Å². The van der Waals surface area contributed by atoms with Crippen LogP contribution in [-0.2, 0) is 23.1 Å². The average molecular weight is 570 g/mol. The first-order valence-corrected chi connectivity index (χ1v) is 14.3. The summed E-state index contributed by atoms with van der Waals surface area (Å²) in [5.74, 6) is 1.99. The maximum atomic E-state index is 13.6. The van der Waals surface area contributed by atoms with Gasteiger partial charge in [-0.25, -0.2) is 4.39 Å². The van der Waals surface area contributed by atoms with Crippen LogP contribution in [0.3, 0.4) is 0 Å². The third kappa shape index (κ3) is 6.47. The second kappa shape index (κ2) is 12.2. The summed E-state index contributed by atoms with van der Waals surface area (Å²) in [7, 11) is 0. The Morgan fingerprint density at radius 2 is 1.68 bits per heavy atom. The van der Waals surface area contributed by atoms with Crippen LogP contribution in [0.4, 0.5) is 16.2 Å².